The lowest BCUT2D eigenvalue weighted by Crippen LogP contribution is -2.45. The molecule has 1 saturated heterocycles. The van der Waals surface area contributed by atoms with Gasteiger partial charge in [0.25, 0.3) is 0 Å². The van der Waals surface area contributed by atoms with Crippen LogP contribution in [0.5, 0.6) is 0 Å². The Hall–Kier alpha value is -1.40. The molecule has 1 amide bonds. The van der Waals surface area contributed by atoms with Crippen LogP contribution in [-0.4, -0.2) is 50.2 Å². The summed E-state index contributed by atoms with van der Waals surface area (Å²) in [6.45, 7) is 4.05. The first-order valence-electron chi connectivity index (χ1n) is 7.05. The van der Waals surface area contributed by atoms with Crippen LogP contribution < -0.4 is 0 Å². The van der Waals surface area contributed by atoms with E-state index < -0.39 is 16.1 Å². The second-order valence-corrected chi connectivity index (χ2v) is 7.63. The molecule has 21 heavy (non-hydrogen) atoms. The molecule has 1 heterocycles. The molecule has 2 rings (SSSR count). The van der Waals surface area contributed by atoms with E-state index in [1.165, 1.54) is 9.21 Å². The summed E-state index contributed by atoms with van der Waals surface area (Å²) >= 11 is 0. The van der Waals surface area contributed by atoms with Gasteiger partial charge in [0, 0.05) is 20.6 Å². The molecule has 1 aromatic rings. The van der Waals surface area contributed by atoms with Crippen molar-refractivity contribution in [3.8, 4) is 0 Å². The van der Waals surface area contributed by atoms with Gasteiger partial charge < -0.3 is 4.90 Å². The highest BCUT2D eigenvalue weighted by atomic mass is 32.2. The number of carbonyl (C=O) groups is 1. The van der Waals surface area contributed by atoms with Crippen molar-refractivity contribution in [2.75, 3.05) is 20.6 Å². The molecule has 0 radical (unpaired) electrons. The van der Waals surface area contributed by atoms with Crippen LogP contribution >= 0.6 is 0 Å². The van der Waals surface area contributed by atoms with Gasteiger partial charge in [0.2, 0.25) is 15.9 Å². The van der Waals surface area contributed by atoms with Gasteiger partial charge in [-0.3, -0.25) is 4.79 Å². The molecule has 0 N–H and O–H groups in total. The standard InChI is InChI=1S/C15H22N2O3S/c1-11-7-8-12(2)14(10-11)21(19,20)17-9-5-6-13(17)15(18)16(3)4/h7-8,10,13H,5-6,9H2,1-4H3/t13-/m1/s1. The lowest BCUT2D eigenvalue weighted by atomic mass is 10.2. The van der Waals surface area contributed by atoms with Crippen LogP contribution in [-0.2, 0) is 14.8 Å². The van der Waals surface area contributed by atoms with E-state index in [1.54, 1.807) is 33.2 Å². The Kier molecular flexibility index (Phi) is 4.39. The maximum atomic E-state index is 12.9. The smallest absolute Gasteiger partial charge is 0.244 e. The predicted molar refractivity (Wildman–Crippen MR) is 81.5 cm³/mol. The highest BCUT2D eigenvalue weighted by Crippen LogP contribution is 2.29. The summed E-state index contributed by atoms with van der Waals surface area (Å²) in [4.78, 5) is 14.0. The Morgan fingerprint density at radius 1 is 1.29 bits per heavy atom. The SMILES string of the molecule is Cc1ccc(C)c(S(=O)(=O)N2CCC[C@@H]2C(=O)N(C)C)c1. The van der Waals surface area contributed by atoms with E-state index >= 15 is 0 Å². The number of nitrogens with zero attached hydrogens (tertiary/aromatic N) is 2. The average Bonchev–Trinajstić information content (AvgIpc) is 2.90. The minimum absolute atomic E-state index is 0.151. The van der Waals surface area contributed by atoms with E-state index in [2.05, 4.69) is 0 Å². The van der Waals surface area contributed by atoms with Crippen molar-refractivity contribution in [2.24, 2.45) is 0 Å². The number of sulfonamides is 1. The molecule has 0 saturated carbocycles. The van der Waals surface area contributed by atoms with Crippen molar-refractivity contribution in [1.82, 2.24) is 9.21 Å². The zero-order valence-electron chi connectivity index (χ0n) is 13.0. The summed E-state index contributed by atoms with van der Waals surface area (Å²) < 4.78 is 27.2. The Morgan fingerprint density at radius 2 is 1.95 bits per heavy atom. The molecule has 1 atom stereocenters. The molecule has 116 valence electrons. The normalized spacial score (nSPS) is 19.7. The second kappa shape index (κ2) is 5.77. The molecule has 0 aliphatic carbocycles. The van der Waals surface area contributed by atoms with E-state index in [4.69, 9.17) is 0 Å². The van der Waals surface area contributed by atoms with Gasteiger partial charge in [-0.05, 0) is 43.9 Å². The van der Waals surface area contributed by atoms with Crippen molar-refractivity contribution < 1.29 is 13.2 Å². The molecule has 5 nitrogen and oxygen atoms in total. The summed E-state index contributed by atoms with van der Waals surface area (Å²) in [6, 6.07) is 4.80. The molecule has 6 heteroatoms. The fraction of sp³-hybridized carbons (Fsp3) is 0.533. The van der Waals surface area contributed by atoms with Crippen LogP contribution in [0, 0.1) is 13.8 Å². The number of rotatable bonds is 3. The van der Waals surface area contributed by atoms with Crippen molar-refractivity contribution in [3.05, 3.63) is 29.3 Å². The highest BCUT2D eigenvalue weighted by Gasteiger charge is 2.40. The van der Waals surface area contributed by atoms with Crippen molar-refractivity contribution in [1.29, 1.82) is 0 Å². The van der Waals surface area contributed by atoms with Crippen LogP contribution in [0.25, 0.3) is 0 Å². The second-order valence-electron chi connectivity index (χ2n) is 5.78. The summed E-state index contributed by atoms with van der Waals surface area (Å²) in [5, 5.41) is 0. The largest absolute Gasteiger partial charge is 0.347 e. The number of likely N-dealkylation sites (N-methyl/N-ethyl adjacent to an activating group) is 1. The maximum absolute atomic E-state index is 12.9. The fourth-order valence-corrected chi connectivity index (χ4v) is 4.65. The molecule has 0 bridgehead atoms. The van der Waals surface area contributed by atoms with E-state index in [1.807, 2.05) is 13.0 Å². The quantitative estimate of drug-likeness (QED) is 0.851. The fourth-order valence-electron chi connectivity index (χ4n) is 2.68. The van der Waals surface area contributed by atoms with Crippen LogP contribution in [0.1, 0.15) is 24.0 Å². The van der Waals surface area contributed by atoms with E-state index in [0.717, 1.165) is 5.56 Å². The number of amides is 1. The summed E-state index contributed by atoms with van der Waals surface area (Å²) in [5.74, 6) is -0.151. The molecule has 1 aliphatic rings. The van der Waals surface area contributed by atoms with Crippen LogP contribution in [0.3, 0.4) is 0 Å². The minimum atomic E-state index is -3.63. The van der Waals surface area contributed by atoms with Crippen molar-refractivity contribution in [3.63, 3.8) is 0 Å². The molecule has 0 unspecified atom stereocenters. The third kappa shape index (κ3) is 2.96. The molecule has 1 aliphatic heterocycles. The maximum Gasteiger partial charge on any atom is 0.244 e. The Balaban J connectivity index is 2.43. The van der Waals surface area contributed by atoms with Gasteiger partial charge in [0.15, 0.2) is 0 Å². The molecule has 1 fully saturated rings. The van der Waals surface area contributed by atoms with Gasteiger partial charge in [0.1, 0.15) is 6.04 Å². The number of carbonyl (C=O) groups excluding carboxylic acids is 1. The number of hydrogen-bond donors (Lipinski definition) is 0. The third-order valence-electron chi connectivity index (χ3n) is 3.86. The number of benzene rings is 1. The predicted octanol–water partition coefficient (Wildman–Crippen LogP) is 1.54. The first-order chi connectivity index (χ1) is 9.75. The molecule has 1 aromatic carbocycles. The first-order valence-corrected chi connectivity index (χ1v) is 8.49. The third-order valence-corrected chi connectivity index (χ3v) is 5.91. The van der Waals surface area contributed by atoms with E-state index in [9.17, 15) is 13.2 Å². The Labute approximate surface area is 126 Å². The lowest BCUT2D eigenvalue weighted by Gasteiger charge is -2.26. The van der Waals surface area contributed by atoms with Gasteiger partial charge in [0.05, 0.1) is 4.90 Å². The van der Waals surface area contributed by atoms with Crippen molar-refractivity contribution >= 4 is 15.9 Å². The van der Waals surface area contributed by atoms with Gasteiger partial charge in [-0.25, -0.2) is 8.42 Å². The van der Waals surface area contributed by atoms with Gasteiger partial charge in [-0.2, -0.15) is 4.31 Å². The van der Waals surface area contributed by atoms with E-state index in [-0.39, 0.29) is 5.91 Å². The van der Waals surface area contributed by atoms with Gasteiger partial charge in [-0.15, -0.1) is 0 Å². The van der Waals surface area contributed by atoms with Crippen LogP contribution in [0.2, 0.25) is 0 Å². The Morgan fingerprint density at radius 3 is 2.57 bits per heavy atom. The highest BCUT2D eigenvalue weighted by molar-refractivity contribution is 7.89. The first kappa shape index (κ1) is 16.0. The number of hydrogen-bond acceptors (Lipinski definition) is 3. The number of aryl methyl sites for hydroxylation is 2. The average molecular weight is 310 g/mol. The molecule has 0 spiro atoms. The zero-order chi connectivity index (χ0) is 15.8. The summed E-state index contributed by atoms with van der Waals surface area (Å²) in [5.41, 5.74) is 1.61. The summed E-state index contributed by atoms with van der Waals surface area (Å²) in [6.07, 6.45) is 1.30. The van der Waals surface area contributed by atoms with Crippen molar-refractivity contribution in [2.45, 2.75) is 37.6 Å². The topological polar surface area (TPSA) is 57.7 Å². The Bertz CT molecular complexity index is 653. The summed E-state index contributed by atoms with van der Waals surface area (Å²) in [7, 11) is -0.322. The van der Waals surface area contributed by atoms with Crippen LogP contribution in [0.15, 0.2) is 23.1 Å². The van der Waals surface area contributed by atoms with Gasteiger partial charge in [-0.1, -0.05) is 12.1 Å². The molecular formula is C15H22N2O3S. The molecule has 0 aromatic heterocycles. The molecular weight excluding hydrogens is 288 g/mol. The van der Waals surface area contributed by atoms with Gasteiger partial charge >= 0.3 is 0 Å². The van der Waals surface area contributed by atoms with E-state index in [0.29, 0.717) is 29.8 Å². The minimum Gasteiger partial charge on any atom is -0.347 e. The monoisotopic (exact) mass is 310 g/mol. The zero-order valence-corrected chi connectivity index (χ0v) is 13.8. The van der Waals surface area contributed by atoms with Crippen LogP contribution in [0.4, 0.5) is 0 Å². The lowest BCUT2D eigenvalue weighted by molar-refractivity contribution is -0.132.